The zero-order valence-electron chi connectivity index (χ0n) is 15.1. The molecule has 0 spiro atoms. The van der Waals surface area contributed by atoms with Gasteiger partial charge in [0.15, 0.2) is 11.0 Å². The predicted octanol–water partition coefficient (Wildman–Crippen LogP) is 5.35. The Morgan fingerprint density at radius 2 is 1.73 bits per heavy atom. The zero-order chi connectivity index (χ0) is 18.5. The third kappa shape index (κ3) is 3.87. The molecule has 3 rings (SSSR count). The fourth-order valence-electron chi connectivity index (χ4n) is 2.61. The average molecular weight is 360 g/mol. The summed E-state index contributed by atoms with van der Waals surface area (Å²) in [5.41, 5.74) is 5.35. The molecule has 0 amide bonds. The van der Waals surface area contributed by atoms with Crippen molar-refractivity contribution < 1.29 is 0 Å². The summed E-state index contributed by atoms with van der Waals surface area (Å²) in [4.78, 5) is 9.10. The first-order valence-corrected chi connectivity index (χ1v) is 9.66. The van der Waals surface area contributed by atoms with Crippen LogP contribution >= 0.6 is 11.8 Å². The first-order chi connectivity index (χ1) is 12.6. The quantitative estimate of drug-likeness (QED) is 0.491. The molecule has 0 saturated heterocycles. The monoisotopic (exact) mass is 360 g/mol. The minimum absolute atomic E-state index is 0.450. The minimum atomic E-state index is 0.450. The Morgan fingerprint density at radius 1 is 1.04 bits per heavy atom. The smallest absolute Gasteiger partial charge is 0.189 e. The molecule has 3 aromatic rings. The fourth-order valence-corrected chi connectivity index (χ4v) is 2.97. The van der Waals surface area contributed by atoms with E-state index < -0.39 is 0 Å². The Kier molecular flexibility index (Phi) is 5.55. The number of aromatic nitrogens is 2. The van der Waals surface area contributed by atoms with Gasteiger partial charge in [-0.1, -0.05) is 60.6 Å². The Labute approximate surface area is 158 Å². The third-order valence-corrected chi connectivity index (χ3v) is 4.68. The Morgan fingerprint density at radius 3 is 2.31 bits per heavy atom. The summed E-state index contributed by atoms with van der Waals surface area (Å²) in [5, 5.41) is 13.7. The molecule has 0 unspecified atom stereocenters. The Hall–Kier alpha value is -2.84. The van der Waals surface area contributed by atoms with Gasteiger partial charge in [0.05, 0.1) is 5.69 Å². The van der Waals surface area contributed by atoms with Crippen LogP contribution in [-0.2, 0) is 6.42 Å². The topological polar surface area (TPSA) is 61.6 Å². The molecular weight excluding hydrogens is 340 g/mol. The lowest BCUT2D eigenvalue weighted by atomic mass is 10.1. The van der Waals surface area contributed by atoms with Gasteiger partial charge in [-0.05, 0) is 37.3 Å². The molecular formula is C21H20N4S. The van der Waals surface area contributed by atoms with E-state index in [1.807, 2.05) is 49.6 Å². The summed E-state index contributed by atoms with van der Waals surface area (Å²) in [6, 6.07) is 18.5. The van der Waals surface area contributed by atoms with Gasteiger partial charge < -0.3 is 5.32 Å². The number of rotatable bonds is 5. The molecule has 4 nitrogen and oxygen atoms in total. The van der Waals surface area contributed by atoms with Gasteiger partial charge in [-0.25, -0.2) is 9.97 Å². The van der Waals surface area contributed by atoms with E-state index in [-0.39, 0.29) is 0 Å². The van der Waals surface area contributed by atoms with Crippen LogP contribution in [-0.4, -0.2) is 16.2 Å². The normalized spacial score (nSPS) is 10.4. The number of nitriles is 1. The molecule has 0 bridgehead atoms. The maximum Gasteiger partial charge on any atom is 0.189 e. The largest absolute Gasteiger partial charge is 0.339 e. The van der Waals surface area contributed by atoms with Crippen LogP contribution in [0.5, 0.6) is 0 Å². The van der Waals surface area contributed by atoms with Crippen molar-refractivity contribution >= 4 is 23.3 Å². The summed E-state index contributed by atoms with van der Waals surface area (Å²) in [6.45, 7) is 4.16. The van der Waals surface area contributed by atoms with Crippen LogP contribution < -0.4 is 5.32 Å². The first kappa shape index (κ1) is 18.0. The van der Waals surface area contributed by atoms with Gasteiger partial charge in [0, 0.05) is 11.3 Å². The second-order valence-corrected chi connectivity index (χ2v) is 6.71. The molecule has 0 radical (unpaired) electrons. The number of anilines is 2. The van der Waals surface area contributed by atoms with Crippen LogP contribution in [0.3, 0.4) is 0 Å². The minimum Gasteiger partial charge on any atom is -0.339 e. The second-order valence-electron chi connectivity index (χ2n) is 5.94. The van der Waals surface area contributed by atoms with E-state index in [1.165, 1.54) is 22.9 Å². The molecule has 26 heavy (non-hydrogen) atoms. The summed E-state index contributed by atoms with van der Waals surface area (Å²) in [7, 11) is 0. The average Bonchev–Trinajstić information content (AvgIpc) is 2.68. The summed E-state index contributed by atoms with van der Waals surface area (Å²) >= 11 is 1.46. The number of hydrogen-bond donors (Lipinski definition) is 1. The number of aryl methyl sites for hydroxylation is 2. The fraction of sp³-hybridized carbons (Fsp3) is 0.190. The number of hydrogen-bond acceptors (Lipinski definition) is 5. The standard InChI is InChI=1S/C21H20N4S/c1-4-15-7-11-17(12-8-15)23-20-18(13-22)19(24-21(25-20)26-3)16-9-5-14(2)6-10-16/h5-12H,4H2,1-3H3,(H,23,24,25). The van der Waals surface area contributed by atoms with Crippen LogP contribution in [0.4, 0.5) is 11.5 Å². The van der Waals surface area contributed by atoms with Crippen LogP contribution in [0.25, 0.3) is 11.3 Å². The summed E-state index contributed by atoms with van der Waals surface area (Å²) in [5.74, 6) is 0.534. The molecule has 0 aliphatic carbocycles. The lowest BCUT2D eigenvalue weighted by Gasteiger charge is -2.12. The highest BCUT2D eigenvalue weighted by atomic mass is 32.2. The van der Waals surface area contributed by atoms with E-state index in [1.54, 1.807) is 0 Å². The van der Waals surface area contributed by atoms with E-state index >= 15 is 0 Å². The highest BCUT2D eigenvalue weighted by Gasteiger charge is 2.16. The van der Waals surface area contributed by atoms with Crippen LogP contribution in [0.2, 0.25) is 0 Å². The summed E-state index contributed by atoms with van der Waals surface area (Å²) in [6.07, 6.45) is 2.92. The van der Waals surface area contributed by atoms with Crippen LogP contribution in [0.15, 0.2) is 53.7 Å². The van der Waals surface area contributed by atoms with Crippen LogP contribution in [0, 0.1) is 18.3 Å². The van der Waals surface area contributed by atoms with Crippen molar-refractivity contribution in [1.29, 1.82) is 5.26 Å². The highest BCUT2D eigenvalue weighted by molar-refractivity contribution is 7.98. The first-order valence-electron chi connectivity index (χ1n) is 8.43. The van der Waals surface area contributed by atoms with Crippen molar-refractivity contribution in [2.45, 2.75) is 25.4 Å². The molecule has 130 valence electrons. The van der Waals surface area contributed by atoms with Crippen molar-refractivity contribution in [3.05, 3.63) is 65.2 Å². The van der Waals surface area contributed by atoms with Gasteiger partial charge in [0.1, 0.15) is 11.6 Å². The van der Waals surface area contributed by atoms with Crippen molar-refractivity contribution in [2.24, 2.45) is 0 Å². The van der Waals surface area contributed by atoms with Gasteiger partial charge in [0.2, 0.25) is 0 Å². The van der Waals surface area contributed by atoms with E-state index in [4.69, 9.17) is 0 Å². The maximum absolute atomic E-state index is 9.76. The van der Waals surface area contributed by atoms with E-state index in [2.05, 4.69) is 40.4 Å². The van der Waals surface area contributed by atoms with E-state index in [9.17, 15) is 5.26 Å². The van der Waals surface area contributed by atoms with Crippen LogP contribution in [0.1, 0.15) is 23.6 Å². The van der Waals surface area contributed by atoms with Gasteiger partial charge in [0.25, 0.3) is 0 Å². The molecule has 0 atom stereocenters. The molecule has 0 fully saturated rings. The lowest BCUT2D eigenvalue weighted by Crippen LogP contribution is -2.03. The zero-order valence-corrected chi connectivity index (χ0v) is 15.9. The van der Waals surface area contributed by atoms with Crippen molar-refractivity contribution in [3.63, 3.8) is 0 Å². The van der Waals surface area contributed by atoms with Crippen molar-refractivity contribution in [2.75, 3.05) is 11.6 Å². The molecule has 0 aliphatic heterocycles. The van der Waals surface area contributed by atoms with Crippen molar-refractivity contribution in [3.8, 4) is 17.3 Å². The highest BCUT2D eigenvalue weighted by Crippen LogP contribution is 2.30. The molecule has 1 heterocycles. The number of thioether (sulfide) groups is 1. The summed E-state index contributed by atoms with van der Waals surface area (Å²) < 4.78 is 0. The van der Waals surface area contributed by atoms with Gasteiger partial charge in [-0.15, -0.1) is 0 Å². The predicted molar refractivity (Wildman–Crippen MR) is 108 cm³/mol. The molecule has 0 saturated carbocycles. The number of benzene rings is 2. The Balaban J connectivity index is 2.07. The SMILES string of the molecule is CCc1ccc(Nc2nc(SC)nc(-c3ccc(C)cc3)c2C#N)cc1. The molecule has 5 heteroatoms. The number of nitrogens with one attached hydrogen (secondary N) is 1. The Bertz CT molecular complexity index is 941. The molecule has 0 aliphatic rings. The van der Waals surface area contributed by atoms with Crippen molar-refractivity contribution in [1.82, 2.24) is 9.97 Å². The van der Waals surface area contributed by atoms with Gasteiger partial charge in [-0.3, -0.25) is 0 Å². The van der Waals surface area contributed by atoms with Gasteiger partial charge >= 0.3 is 0 Å². The second kappa shape index (κ2) is 8.03. The molecule has 1 N–H and O–H groups in total. The van der Waals surface area contributed by atoms with Gasteiger partial charge in [-0.2, -0.15) is 5.26 Å². The molecule has 1 aromatic heterocycles. The third-order valence-electron chi connectivity index (χ3n) is 4.13. The van der Waals surface area contributed by atoms with E-state index in [0.29, 0.717) is 22.2 Å². The number of nitrogens with zero attached hydrogens (tertiary/aromatic N) is 3. The van der Waals surface area contributed by atoms with E-state index in [0.717, 1.165) is 17.7 Å². The molecule has 2 aromatic carbocycles. The maximum atomic E-state index is 9.76. The lowest BCUT2D eigenvalue weighted by molar-refractivity contribution is 0.975.